The van der Waals surface area contributed by atoms with Gasteiger partial charge in [-0.15, -0.1) is 10.2 Å². The van der Waals surface area contributed by atoms with E-state index in [0.717, 1.165) is 31.0 Å². The molecule has 0 fully saturated rings. The van der Waals surface area contributed by atoms with Crippen LogP contribution in [-0.2, 0) is 13.0 Å². The van der Waals surface area contributed by atoms with E-state index < -0.39 is 0 Å². The van der Waals surface area contributed by atoms with Crippen molar-refractivity contribution >= 4 is 21.8 Å². The maximum Gasteiger partial charge on any atom is 0.252 e. The molecule has 1 aliphatic rings. The molecule has 2 aromatic rings. The lowest BCUT2D eigenvalue weighted by atomic mass is 10.2. The monoisotopic (exact) mass is 335 g/mol. The summed E-state index contributed by atoms with van der Waals surface area (Å²) in [6, 6.07) is 3.20. The third-order valence-electron chi connectivity index (χ3n) is 3.36. The normalized spacial score (nSPS) is 14.9. The molecule has 1 N–H and O–H groups in total. The largest absolute Gasteiger partial charge is 0.342 e. The summed E-state index contributed by atoms with van der Waals surface area (Å²) in [5, 5.41) is 11.3. The quantitative estimate of drug-likeness (QED) is 0.869. The maximum absolute atomic E-state index is 12.2. The number of hydrogen-bond donors (Lipinski definition) is 1. The van der Waals surface area contributed by atoms with Gasteiger partial charge in [0.2, 0.25) is 0 Å². The van der Waals surface area contributed by atoms with Crippen LogP contribution in [-0.4, -0.2) is 25.7 Å². The topological polar surface area (TPSA) is 72.7 Å². The summed E-state index contributed by atoms with van der Waals surface area (Å²) < 4.78 is 2.73. The smallest absolute Gasteiger partial charge is 0.252 e. The van der Waals surface area contributed by atoms with Gasteiger partial charge in [0.15, 0.2) is 5.82 Å². The van der Waals surface area contributed by atoms with E-state index in [1.807, 2.05) is 6.92 Å². The predicted molar refractivity (Wildman–Crippen MR) is 76.2 cm³/mol. The minimum Gasteiger partial charge on any atom is -0.342 e. The summed E-state index contributed by atoms with van der Waals surface area (Å²) in [6.45, 7) is 2.85. The number of pyridine rings is 1. The molecule has 0 spiro atoms. The number of nitrogens with zero attached hydrogens (tertiary/aromatic N) is 4. The number of rotatable bonds is 3. The van der Waals surface area contributed by atoms with Crippen LogP contribution in [0.25, 0.3) is 0 Å². The fourth-order valence-electron chi connectivity index (χ4n) is 2.38. The Balaban J connectivity index is 1.75. The van der Waals surface area contributed by atoms with Gasteiger partial charge in [0, 0.05) is 24.7 Å². The Morgan fingerprint density at radius 2 is 2.35 bits per heavy atom. The van der Waals surface area contributed by atoms with Gasteiger partial charge in [-0.25, -0.2) is 4.98 Å². The first-order chi connectivity index (χ1) is 9.65. The Kier molecular flexibility index (Phi) is 3.52. The van der Waals surface area contributed by atoms with E-state index in [2.05, 4.69) is 41.0 Å². The molecule has 20 heavy (non-hydrogen) atoms. The third kappa shape index (κ3) is 2.45. The van der Waals surface area contributed by atoms with Crippen molar-refractivity contribution in [3.05, 3.63) is 40.1 Å². The molecule has 104 valence electrons. The molecule has 7 heteroatoms. The summed E-state index contributed by atoms with van der Waals surface area (Å²) >= 11 is 3.26. The molecule has 1 atom stereocenters. The molecule has 1 amide bonds. The van der Waals surface area contributed by atoms with Crippen LogP contribution in [0.1, 0.15) is 41.4 Å². The van der Waals surface area contributed by atoms with Crippen LogP contribution in [0.2, 0.25) is 0 Å². The molecular formula is C13H14BrN5O. The highest BCUT2D eigenvalue weighted by molar-refractivity contribution is 9.10. The minimum absolute atomic E-state index is 0.143. The Hall–Kier alpha value is -1.76. The average molecular weight is 336 g/mol. The van der Waals surface area contributed by atoms with Gasteiger partial charge in [0.1, 0.15) is 10.4 Å². The van der Waals surface area contributed by atoms with E-state index in [4.69, 9.17) is 0 Å². The molecule has 2 aromatic heterocycles. The van der Waals surface area contributed by atoms with Crippen molar-refractivity contribution in [2.45, 2.75) is 32.4 Å². The summed E-state index contributed by atoms with van der Waals surface area (Å²) in [4.78, 5) is 16.2. The van der Waals surface area contributed by atoms with Crippen molar-refractivity contribution in [2.24, 2.45) is 0 Å². The number of carbonyl (C=O) groups is 1. The van der Waals surface area contributed by atoms with Crippen LogP contribution in [0.4, 0.5) is 0 Å². The summed E-state index contributed by atoms with van der Waals surface area (Å²) in [7, 11) is 0. The van der Waals surface area contributed by atoms with Crippen molar-refractivity contribution in [1.82, 2.24) is 25.1 Å². The highest BCUT2D eigenvalue weighted by atomic mass is 79.9. The van der Waals surface area contributed by atoms with Crippen molar-refractivity contribution < 1.29 is 4.79 Å². The number of hydrogen-bond acceptors (Lipinski definition) is 4. The first-order valence-corrected chi connectivity index (χ1v) is 7.29. The van der Waals surface area contributed by atoms with Gasteiger partial charge in [-0.2, -0.15) is 0 Å². The van der Waals surface area contributed by atoms with Gasteiger partial charge in [-0.1, -0.05) is 0 Å². The average Bonchev–Trinajstić information content (AvgIpc) is 3.00. The van der Waals surface area contributed by atoms with Gasteiger partial charge in [-0.05, 0) is 41.4 Å². The fourth-order valence-corrected chi connectivity index (χ4v) is 2.75. The molecule has 0 aliphatic carbocycles. The Labute approximate surface area is 124 Å². The van der Waals surface area contributed by atoms with Crippen molar-refractivity contribution in [3.8, 4) is 0 Å². The van der Waals surface area contributed by atoms with E-state index in [1.165, 1.54) is 0 Å². The standard InChI is InChI=1S/C13H14BrN5O/c1-8(12-18-17-11-3-2-6-19(11)12)16-13(20)9-4-5-15-10(14)7-9/h4-5,7-8H,2-3,6H2,1H3,(H,16,20). The van der Waals surface area contributed by atoms with Gasteiger partial charge in [0.25, 0.3) is 5.91 Å². The molecule has 0 saturated heterocycles. The first kappa shape index (κ1) is 13.2. The summed E-state index contributed by atoms with van der Waals surface area (Å²) in [6.07, 6.45) is 3.65. The number of halogens is 1. The molecule has 0 radical (unpaired) electrons. The summed E-state index contributed by atoms with van der Waals surface area (Å²) in [5.74, 6) is 1.68. The zero-order valence-corrected chi connectivity index (χ0v) is 12.6. The molecule has 0 saturated carbocycles. The minimum atomic E-state index is -0.172. The lowest BCUT2D eigenvalue weighted by molar-refractivity contribution is 0.0937. The van der Waals surface area contributed by atoms with Crippen molar-refractivity contribution in [1.29, 1.82) is 0 Å². The molecule has 3 rings (SSSR count). The maximum atomic E-state index is 12.2. The zero-order chi connectivity index (χ0) is 14.1. The Morgan fingerprint density at radius 1 is 1.50 bits per heavy atom. The third-order valence-corrected chi connectivity index (χ3v) is 3.80. The van der Waals surface area contributed by atoms with Crippen LogP contribution in [0.3, 0.4) is 0 Å². The molecule has 0 aromatic carbocycles. The predicted octanol–water partition coefficient (Wildman–Crippen LogP) is 1.87. The molecule has 1 unspecified atom stereocenters. The highest BCUT2D eigenvalue weighted by Gasteiger charge is 2.22. The van der Waals surface area contributed by atoms with Crippen LogP contribution >= 0.6 is 15.9 Å². The molecular weight excluding hydrogens is 322 g/mol. The van der Waals surface area contributed by atoms with Gasteiger partial charge in [0.05, 0.1) is 6.04 Å². The zero-order valence-electron chi connectivity index (χ0n) is 11.0. The number of aromatic nitrogens is 4. The van der Waals surface area contributed by atoms with Crippen LogP contribution in [0, 0.1) is 0 Å². The van der Waals surface area contributed by atoms with E-state index in [9.17, 15) is 4.79 Å². The van der Waals surface area contributed by atoms with Gasteiger partial charge < -0.3 is 9.88 Å². The second kappa shape index (κ2) is 5.32. The number of fused-ring (bicyclic) bond motifs is 1. The number of aryl methyl sites for hydroxylation is 1. The number of carbonyl (C=O) groups excluding carboxylic acids is 1. The molecule has 0 bridgehead atoms. The number of amides is 1. The van der Waals surface area contributed by atoms with E-state index in [-0.39, 0.29) is 11.9 Å². The first-order valence-electron chi connectivity index (χ1n) is 6.49. The fraction of sp³-hybridized carbons (Fsp3) is 0.385. The SMILES string of the molecule is CC(NC(=O)c1ccnc(Br)c1)c1nnc2n1CCC2. The Bertz CT molecular complexity index is 654. The van der Waals surface area contributed by atoms with Crippen LogP contribution in [0.5, 0.6) is 0 Å². The second-order valence-electron chi connectivity index (χ2n) is 4.79. The van der Waals surface area contributed by atoms with E-state index in [1.54, 1.807) is 18.3 Å². The van der Waals surface area contributed by atoms with Crippen LogP contribution in [0.15, 0.2) is 22.9 Å². The lowest BCUT2D eigenvalue weighted by Crippen LogP contribution is -2.28. The van der Waals surface area contributed by atoms with Crippen molar-refractivity contribution in [3.63, 3.8) is 0 Å². The van der Waals surface area contributed by atoms with Crippen LogP contribution < -0.4 is 5.32 Å². The number of nitrogens with one attached hydrogen (secondary N) is 1. The summed E-state index contributed by atoms with van der Waals surface area (Å²) in [5.41, 5.74) is 0.569. The Morgan fingerprint density at radius 3 is 3.15 bits per heavy atom. The van der Waals surface area contributed by atoms with Gasteiger partial charge >= 0.3 is 0 Å². The van der Waals surface area contributed by atoms with E-state index >= 15 is 0 Å². The molecule has 6 nitrogen and oxygen atoms in total. The van der Waals surface area contributed by atoms with Gasteiger partial charge in [-0.3, -0.25) is 4.79 Å². The highest BCUT2D eigenvalue weighted by Crippen LogP contribution is 2.19. The second-order valence-corrected chi connectivity index (χ2v) is 5.60. The molecule has 3 heterocycles. The van der Waals surface area contributed by atoms with E-state index in [0.29, 0.717) is 10.2 Å². The molecule has 1 aliphatic heterocycles. The lowest BCUT2D eigenvalue weighted by Gasteiger charge is -2.14. The van der Waals surface area contributed by atoms with Crippen molar-refractivity contribution in [2.75, 3.05) is 0 Å².